The van der Waals surface area contributed by atoms with Crippen molar-refractivity contribution >= 4 is 17.5 Å². The van der Waals surface area contributed by atoms with Crippen LogP contribution in [0.4, 0.5) is 0 Å². The third kappa shape index (κ3) is 4.60. The number of carbonyl (C=O) groups is 3. The summed E-state index contributed by atoms with van der Waals surface area (Å²) in [5.41, 5.74) is 3.38. The van der Waals surface area contributed by atoms with Crippen LogP contribution in [0, 0.1) is 31.1 Å². The zero-order valence-electron chi connectivity index (χ0n) is 18.8. The molecule has 3 fully saturated rings. The third-order valence-electron chi connectivity index (χ3n) is 7.04. The first kappa shape index (κ1) is 21.8. The predicted octanol–water partition coefficient (Wildman–Crippen LogP) is 3.48. The highest BCUT2D eigenvalue weighted by molar-refractivity contribution is 6.10. The largest absolute Gasteiger partial charge is 0.368 e. The Morgan fingerprint density at radius 1 is 1.10 bits per heavy atom. The van der Waals surface area contributed by atoms with Gasteiger partial charge in [0.05, 0.1) is 6.10 Å². The molecule has 1 aromatic rings. The van der Waals surface area contributed by atoms with Crippen molar-refractivity contribution in [2.24, 2.45) is 5.41 Å². The van der Waals surface area contributed by atoms with Gasteiger partial charge in [-0.25, -0.2) is 0 Å². The molecule has 1 spiro atoms. The number of hydrogen-bond acceptors (Lipinski definition) is 4. The Kier molecular flexibility index (Phi) is 6.03. The van der Waals surface area contributed by atoms with E-state index in [2.05, 4.69) is 11.8 Å². The third-order valence-corrected chi connectivity index (χ3v) is 7.04. The standard InChI is InChI=1S/C26H31NO4/c1-4-5-19-12-17(2)24(18(3)13-19)25-21(28)14-26(15-22(25)29)8-10-27(11-9-26)23(30)16-31-20-6-7-20/h12-13,20,25H,6-11,14-16H2,1-3H3. The van der Waals surface area contributed by atoms with Gasteiger partial charge in [-0.15, -0.1) is 5.92 Å². The molecule has 1 saturated heterocycles. The Morgan fingerprint density at radius 3 is 2.19 bits per heavy atom. The average Bonchev–Trinajstić information content (AvgIpc) is 3.53. The monoisotopic (exact) mass is 421 g/mol. The molecule has 1 heterocycles. The van der Waals surface area contributed by atoms with Crippen LogP contribution in [-0.2, 0) is 19.1 Å². The van der Waals surface area contributed by atoms with Crippen LogP contribution in [0.15, 0.2) is 12.1 Å². The number of hydrogen-bond donors (Lipinski definition) is 0. The number of nitrogens with zero attached hydrogens (tertiary/aromatic N) is 1. The number of ether oxygens (including phenoxy) is 1. The van der Waals surface area contributed by atoms with Crippen LogP contribution < -0.4 is 0 Å². The normalized spacial score (nSPS) is 21.2. The van der Waals surface area contributed by atoms with Gasteiger partial charge in [-0.2, -0.15) is 0 Å². The van der Waals surface area contributed by atoms with E-state index >= 15 is 0 Å². The minimum absolute atomic E-state index is 0.0219. The van der Waals surface area contributed by atoms with Gasteiger partial charge in [0.2, 0.25) is 5.91 Å². The van der Waals surface area contributed by atoms with Gasteiger partial charge in [0, 0.05) is 31.5 Å². The molecule has 0 atom stereocenters. The highest BCUT2D eigenvalue weighted by Gasteiger charge is 2.47. The highest BCUT2D eigenvalue weighted by atomic mass is 16.5. The second-order valence-corrected chi connectivity index (χ2v) is 9.51. The Hall–Kier alpha value is -2.45. The number of ketones is 2. The molecule has 0 aromatic heterocycles. The molecule has 31 heavy (non-hydrogen) atoms. The molecule has 1 amide bonds. The first-order valence-corrected chi connectivity index (χ1v) is 11.3. The average molecular weight is 422 g/mol. The van der Waals surface area contributed by atoms with E-state index in [1.54, 1.807) is 6.92 Å². The van der Waals surface area contributed by atoms with E-state index in [9.17, 15) is 14.4 Å². The van der Waals surface area contributed by atoms with Gasteiger partial charge in [-0.1, -0.05) is 5.92 Å². The maximum absolute atomic E-state index is 13.2. The van der Waals surface area contributed by atoms with Gasteiger partial charge in [-0.3, -0.25) is 14.4 Å². The van der Waals surface area contributed by atoms with Crippen LogP contribution in [0.25, 0.3) is 0 Å². The van der Waals surface area contributed by atoms with E-state index in [1.165, 1.54) is 0 Å². The Balaban J connectivity index is 1.44. The molecule has 4 rings (SSSR count). The SMILES string of the molecule is CC#Cc1cc(C)c(C2C(=O)CC3(CCN(C(=O)COC4CC4)CC3)CC2=O)c(C)c1. The van der Waals surface area contributed by atoms with E-state index in [1.807, 2.05) is 30.9 Å². The number of rotatable bonds is 4. The summed E-state index contributed by atoms with van der Waals surface area (Å²) in [7, 11) is 0. The lowest BCUT2D eigenvalue weighted by atomic mass is 9.62. The lowest BCUT2D eigenvalue weighted by Gasteiger charge is -2.44. The first-order valence-electron chi connectivity index (χ1n) is 11.3. The van der Waals surface area contributed by atoms with Crippen molar-refractivity contribution in [3.8, 4) is 11.8 Å². The second kappa shape index (κ2) is 8.59. The van der Waals surface area contributed by atoms with Crippen molar-refractivity contribution in [3.63, 3.8) is 0 Å². The van der Waals surface area contributed by atoms with Crippen LogP contribution >= 0.6 is 0 Å². The zero-order valence-corrected chi connectivity index (χ0v) is 18.8. The molecule has 5 nitrogen and oxygen atoms in total. The van der Waals surface area contributed by atoms with Gasteiger partial charge in [-0.05, 0) is 80.7 Å². The molecule has 0 radical (unpaired) electrons. The molecule has 1 aliphatic heterocycles. The first-order chi connectivity index (χ1) is 14.8. The smallest absolute Gasteiger partial charge is 0.248 e. The summed E-state index contributed by atoms with van der Waals surface area (Å²) in [5, 5.41) is 0. The fourth-order valence-corrected chi connectivity index (χ4v) is 5.25. The molecular formula is C26H31NO4. The Labute approximate surface area is 184 Å². The minimum Gasteiger partial charge on any atom is -0.368 e. The molecule has 5 heteroatoms. The number of carbonyl (C=O) groups excluding carboxylic acids is 3. The van der Waals surface area contributed by atoms with E-state index < -0.39 is 5.92 Å². The molecule has 164 valence electrons. The van der Waals surface area contributed by atoms with E-state index in [4.69, 9.17) is 4.74 Å². The van der Waals surface area contributed by atoms with Crippen LogP contribution in [-0.4, -0.2) is 48.2 Å². The highest BCUT2D eigenvalue weighted by Crippen LogP contribution is 2.46. The number of piperidine rings is 1. The van der Waals surface area contributed by atoms with Gasteiger partial charge in [0.1, 0.15) is 24.1 Å². The van der Waals surface area contributed by atoms with Crippen LogP contribution in [0.2, 0.25) is 0 Å². The summed E-state index contributed by atoms with van der Waals surface area (Å²) in [6, 6.07) is 3.94. The molecule has 0 bridgehead atoms. The number of aryl methyl sites for hydroxylation is 2. The quantitative estimate of drug-likeness (QED) is 0.552. The predicted molar refractivity (Wildman–Crippen MR) is 118 cm³/mol. The number of benzene rings is 1. The molecule has 0 unspecified atom stereocenters. The fourth-order valence-electron chi connectivity index (χ4n) is 5.25. The summed E-state index contributed by atoms with van der Waals surface area (Å²) < 4.78 is 5.54. The van der Waals surface area contributed by atoms with Crippen molar-refractivity contribution in [1.82, 2.24) is 4.90 Å². The lowest BCUT2D eigenvalue weighted by Crippen LogP contribution is -2.49. The lowest BCUT2D eigenvalue weighted by molar-refractivity contribution is -0.142. The minimum atomic E-state index is -0.666. The summed E-state index contributed by atoms with van der Waals surface area (Å²) in [6.45, 7) is 7.06. The van der Waals surface area contributed by atoms with Crippen molar-refractivity contribution in [2.75, 3.05) is 19.7 Å². The summed E-state index contributed by atoms with van der Waals surface area (Å²) in [4.78, 5) is 40.7. The molecule has 3 aliphatic rings. The van der Waals surface area contributed by atoms with Gasteiger partial charge in [0.15, 0.2) is 0 Å². The van der Waals surface area contributed by atoms with Crippen LogP contribution in [0.5, 0.6) is 0 Å². The summed E-state index contributed by atoms with van der Waals surface area (Å²) in [5.74, 6) is 5.36. The maximum Gasteiger partial charge on any atom is 0.248 e. The van der Waals surface area contributed by atoms with Gasteiger partial charge >= 0.3 is 0 Å². The molecule has 0 N–H and O–H groups in total. The van der Waals surface area contributed by atoms with Crippen molar-refractivity contribution in [3.05, 3.63) is 34.4 Å². The van der Waals surface area contributed by atoms with Gasteiger partial charge < -0.3 is 9.64 Å². The van der Waals surface area contributed by atoms with Crippen LogP contribution in [0.1, 0.15) is 73.6 Å². The summed E-state index contributed by atoms with van der Waals surface area (Å²) >= 11 is 0. The maximum atomic E-state index is 13.2. The zero-order chi connectivity index (χ0) is 22.2. The second-order valence-electron chi connectivity index (χ2n) is 9.51. The molecule has 2 saturated carbocycles. The van der Waals surface area contributed by atoms with Crippen molar-refractivity contribution in [1.29, 1.82) is 0 Å². The number of amides is 1. The topological polar surface area (TPSA) is 63.7 Å². The van der Waals surface area contributed by atoms with Crippen LogP contribution in [0.3, 0.4) is 0 Å². The van der Waals surface area contributed by atoms with E-state index in [0.29, 0.717) is 38.8 Å². The molecular weight excluding hydrogens is 390 g/mol. The number of likely N-dealkylation sites (tertiary alicyclic amines) is 1. The number of Topliss-reactive ketones (excluding diaryl/α,β-unsaturated/α-hetero) is 2. The van der Waals surface area contributed by atoms with Crippen molar-refractivity contribution < 1.29 is 19.1 Å². The van der Waals surface area contributed by atoms with E-state index in [0.717, 1.165) is 35.1 Å². The fraction of sp³-hybridized carbons (Fsp3) is 0.577. The Morgan fingerprint density at radius 2 is 1.68 bits per heavy atom. The molecule has 2 aliphatic carbocycles. The van der Waals surface area contributed by atoms with Gasteiger partial charge in [0.25, 0.3) is 0 Å². The molecule has 1 aromatic carbocycles. The summed E-state index contributed by atoms with van der Waals surface area (Å²) in [6.07, 6.45) is 4.61. The Bertz CT molecular complexity index is 928. The van der Waals surface area contributed by atoms with Crippen molar-refractivity contribution in [2.45, 2.75) is 71.3 Å². The van der Waals surface area contributed by atoms with E-state index in [-0.39, 0.29) is 35.6 Å².